The largest absolute Gasteiger partial charge is 0.480 e. The molecule has 0 bridgehead atoms. The first kappa shape index (κ1) is 14.9. The Morgan fingerprint density at radius 3 is 2.53 bits per heavy atom. The summed E-state index contributed by atoms with van der Waals surface area (Å²) in [6.07, 6.45) is 2.15. The summed E-state index contributed by atoms with van der Waals surface area (Å²) in [5.41, 5.74) is 4.91. The van der Waals surface area contributed by atoms with Gasteiger partial charge in [0.25, 0.3) is 0 Å². The Labute approximate surface area is 99.1 Å². The molecule has 1 atom stereocenters. The van der Waals surface area contributed by atoms with E-state index in [1.165, 1.54) is 6.08 Å². The summed E-state index contributed by atoms with van der Waals surface area (Å²) in [5, 5.41) is 13.4. The molecule has 0 saturated heterocycles. The van der Waals surface area contributed by atoms with Gasteiger partial charge in [-0.3, -0.25) is 4.79 Å². The van der Waals surface area contributed by atoms with Crippen LogP contribution in [0.2, 0.25) is 0 Å². The normalized spacial score (nSPS) is 11.3. The van der Waals surface area contributed by atoms with Crippen LogP contribution >= 0.6 is 0 Å². The van der Waals surface area contributed by atoms with Crippen LogP contribution in [0.15, 0.2) is 12.7 Å². The minimum atomic E-state index is -1.13. The highest BCUT2D eigenvalue weighted by atomic mass is 16.4. The number of rotatable bonds is 8. The summed E-state index contributed by atoms with van der Waals surface area (Å²) in [5.74, 6) is -1.57. The average Bonchev–Trinajstić information content (AvgIpc) is 2.23. The zero-order valence-corrected chi connectivity index (χ0v) is 9.44. The first-order valence-electron chi connectivity index (χ1n) is 5.13. The molecule has 0 aromatic carbocycles. The van der Waals surface area contributed by atoms with Crippen LogP contribution in [0.25, 0.3) is 0 Å². The lowest BCUT2D eigenvalue weighted by molar-refractivity contribution is -0.139. The molecule has 0 radical (unpaired) electrons. The Bertz CT molecular complexity index is 304. The highest BCUT2D eigenvalue weighted by Crippen LogP contribution is 1.93. The second kappa shape index (κ2) is 8.14. The van der Waals surface area contributed by atoms with E-state index < -0.39 is 23.9 Å². The summed E-state index contributed by atoms with van der Waals surface area (Å²) in [4.78, 5) is 32.3. The van der Waals surface area contributed by atoms with E-state index in [9.17, 15) is 14.4 Å². The first-order chi connectivity index (χ1) is 7.97. The number of aliphatic carboxylic acids is 1. The third kappa shape index (κ3) is 7.83. The van der Waals surface area contributed by atoms with Crippen molar-refractivity contribution in [2.75, 3.05) is 6.54 Å². The van der Waals surface area contributed by atoms with Gasteiger partial charge in [-0.2, -0.15) is 0 Å². The van der Waals surface area contributed by atoms with Crippen molar-refractivity contribution in [2.45, 2.75) is 25.3 Å². The third-order valence-corrected chi connectivity index (χ3v) is 1.89. The van der Waals surface area contributed by atoms with Crippen molar-refractivity contribution >= 4 is 17.9 Å². The maximum atomic E-state index is 11.2. The lowest BCUT2D eigenvalue weighted by Crippen LogP contribution is -2.46. The maximum absolute atomic E-state index is 11.2. The van der Waals surface area contributed by atoms with Gasteiger partial charge in [0, 0.05) is 13.0 Å². The summed E-state index contributed by atoms with van der Waals surface area (Å²) >= 11 is 0. The predicted octanol–water partition coefficient (Wildman–Crippen LogP) is -0.420. The van der Waals surface area contributed by atoms with Crippen molar-refractivity contribution in [1.82, 2.24) is 10.6 Å². The van der Waals surface area contributed by atoms with Crippen molar-refractivity contribution in [1.29, 1.82) is 0 Å². The van der Waals surface area contributed by atoms with E-state index in [4.69, 9.17) is 10.8 Å². The zero-order chi connectivity index (χ0) is 13.3. The van der Waals surface area contributed by atoms with Gasteiger partial charge in [0.2, 0.25) is 5.91 Å². The molecule has 5 N–H and O–H groups in total. The number of nitrogens with two attached hydrogens (primary N) is 1. The molecule has 0 aliphatic rings. The quantitative estimate of drug-likeness (QED) is 0.341. The van der Waals surface area contributed by atoms with Crippen LogP contribution in [0.5, 0.6) is 0 Å². The van der Waals surface area contributed by atoms with Crippen LogP contribution in [0.3, 0.4) is 0 Å². The second-order valence-corrected chi connectivity index (χ2v) is 3.39. The summed E-state index contributed by atoms with van der Waals surface area (Å²) in [6, 6.07) is -1.59. The second-order valence-electron chi connectivity index (χ2n) is 3.39. The fourth-order valence-corrected chi connectivity index (χ4v) is 1.06. The molecule has 0 spiro atoms. The number of carbonyl (C=O) groups is 3. The first-order valence-corrected chi connectivity index (χ1v) is 5.13. The topological polar surface area (TPSA) is 122 Å². The molecule has 0 aromatic rings. The molecular weight excluding hydrogens is 226 g/mol. The van der Waals surface area contributed by atoms with E-state index in [2.05, 4.69) is 17.2 Å². The highest BCUT2D eigenvalue weighted by molar-refractivity contribution is 5.82. The van der Waals surface area contributed by atoms with E-state index in [1.54, 1.807) is 0 Å². The SMILES string of the molecule is C=CCC(NC(=O)NCCCC(N)=O)C(=O)O. The van der Waals surface area contributed by atoms with Gasteiger partial charge in [0.15, 0.2) is 0 Å². The molecule has 7 nitrogen and oxygen atoms in total. The van der Waals surface area contributed by atoms with Gasteiger partial charge in [-0.25, -0.2) is 9.59 Å². The Morgan fingerprint density at radius 1 is 1.41 bits per heavy atom. The number of carboxylic acids is 1. The summed E-state index contributed by atoms with van der Waals surface area (Å²) in [7, 11) is 0. The van der Waals surface area contributed by atoms with Crippen molar-refractivity contribution in [2.24, 2.45) is 5.73 Å². The van der Waals surface area contributed by atoms with Crippen molar-refractivity contribution in [3.05, 3.63) is 12.7 Å². The van der Waals surface area contributed by atoms with E-state index in [0.29, 0.717) is 6.42 Å². The third-order valence-electron chi connectivity index (χ3n) is 1.89. The van der Waals surface area contributed by atoms with Gasteiger partial charge in [-0.05, 0) is 12.8 Å². The molecule has 0 aliphatic carbocycles. The molecule has 0 aliphatic heterocycles. The maximum Gasteiger partial charge on any atom is 0.326 e. The monoisotopic (exact) mass is 243 g/mol. The fourth-order valence-electron chi connectivity index (χ4n) is 1.06. The minimum Gasteiger partial charge on any atom is -0.480 e. The lowest BCUT2D eigenvalue weighted by atomic mass is 10.2. The van der Waals surface area contributed by atoms with Crippen LogP contribution in [0.4, 0.5) is 4.79 Å². The molecule has 0 heterocycles. The van der Waals surface area contributed by atoms with Crippen LogP contribution in [-0.4, -0.2) is 35.6 Å². The smallest absolute Gasteiger partial charge is 0.326 e. The van der Waals surface area contributed by atoms with E-state index >= 15 is 0 Å². The molecule has 17 heavy (non-hydrogen) atoms. The number of carbonyl (C=O) groups excluding carboxylic acids is 2. The summed E-state index contributed by atoms with van der Waals surface area (Å²) in [6.45, 7) is 3.66. The predicted molar refractivity (Wildman–Crippen MR) is 61.2 cm³/mol. The molecule has 96 valence electrons. The van der Waals surface area contributed by atoms with Crippen molar-refractivity contribution in [3.63, 3.8) is 0 Å². The number of amides is 3. The number of nitrogens with one attached hydrogen (secondary N) is 2. The molecular formula is C10H17N3O4. The fraction of sp³-hybridized carbons (Fsp3) is 0.500. The molecule has 0 aromatic heterocycles. The van der Waals surface area contributed by atoms with E-state index in [1.807, 2.05) is 0 Å². The van der Waals surface area contributed by atoms with E-state index in [0.717, 1.165) is 0 Å². The van der Waals surface area contributed by atoms with Crippen LogP contribution in [-0.2, 0) is 9.59 Å². The van der Waals surface area contributed by atoms with Crippen LogP contribution in [0, 0.1) is 0 Å². The zero-order valence-electron chi connectivity index (χ0n) is 9.44. The van der Waals surface area contributed by atoms with Crippen molar-refractivity contribution in [3.8, 4) is 0 Å². The molecule has 0 rings (SSSR count). The summed E-state index contributed by atoms with van der Waals surface area (Å²) < 4.78 is 0. The van der Waals surface area contributed by atoms with Gasteiger partial charge in [-0.1, -0.05) is 6.08 Å². The van der Waals surface area contributed by atoms with E-state index in [-0.39, 0.29) is 19.4 Å². The van der Waals surface area contributed by atoms with Gasteiger partial charge in [0.1, 0.15) is 6.04 Å². The number of urea groups is 1. The average molecular weight is 243 g/mol. The molecule has 3 amide bonds. The number of primary amides is 1. The Morgan fingerprint density at radius 2 is 2.06 bits per heavy atom. The minimum absolute atomic E-state index is 0.143. The Balaban J connectivity index is 3.86. The van der Waals surface area contributed by atoms with Crippen LogP contribution < -0.4 is 16.4 Å². The molecule has 7 heteroatoms. The van der Waals surface area contributed by atoms with Crippen molar-refractivity contribution < 1.29 is 19.5 Å². The van der Waals surface area contributed by atoms with Gasteiger partial charge >= 0.3 is 12.0 Å². The number of hydrogen-bond donors (Lipinski definition) is 4. The van der Waals surface area contributed by atoms with Gasteiger partial charge in [-0.15, -0.1) is 6.58 Å². The van der Waals surface area contributed by atoms with Gasteiger partial charge < -0.3 is 21.5 Å². The van der Waals surface area contributed by atoms with Gasteiger partial charge in [0.05, 0.1) is 0 Å². The van der Waals surface area contributed by atoms with Crippen LogP contribution in [0.1, 0.15) is 19.3 Å². The number of hydrogen-bond acceptors (Lipinski definition) is 3. The molecule has 0 saturated carbocycles. The Kier molecular flexibility index (Phi) is 7.16. The number of carboxylic acid groups (broad SMARTS) is 1. The lowest BCUT2D eigenvalue weighted by Gasteiger charge is -2.13. The molecule has 0 fully saturated rings. The standard InChI is InChI=1S/C10H17N3O4/c1-2-4-7(9(15)16)13-10(17)12-6-3-5-8(11)14/h2,7H,1,3-6H2,(H2,11,14)(H,15,16)(H2,12,13,17). The molecule has 1 unspecified atom stereocenters. The highest BCUT2D eigenvalue weighted by Gasteiger charge is 2.17. The Hall–Kier alpha value is -2.05.